The van der Waals surface area contributed by atoms with Gasteiger partial charge in [0.2, 0.25) is 0 Å². The fraction of sp³-hybridized carbons (Fsp3) is 0.167. The second-order valence-electron chi connectivity index (χ2n) is 7.02. The van der Waals surface area contributed by atoms with Crippen molar-refractivity contribution in [2.24, 2.45) is 5.73 Å². The lowest BCUT2D eigenvalue weighted by Crippen LogP contribution is -2.06. The molecule has 27 heavy (non-hydrogen) atoms. The van der Waals surface area contributed by atoms with Crippen LogP contribution in [0.5, 0.6) is 0 Å². The number of aryl methyl sites for hydroxylation is 1. The van der Waals surface area contributed by atoms with Crippen LogP contribution in [0.3, 0.4) is 0 Å². The molecule has 0 aromatic heterocycles. The van der Waals surface area contributed by atoms with Gasteiger partial charge in [-0.25, -0.2) is 0 Å². The first-order chi connectivity index (χ1) is 13.0. The first kappa shape index (κ1) is 18.7. The molecule has 3 nitrogen and oxygen atoms in total. The van der Waals surface area contributed by atoms with Crippen molar-refractivity contribution in [1.29, 1.82) is 0 Å². The number of rotatable bonds is 5. The lowest BCUT2D eigenvalue weighted by atomic mass is 9.94. The van der Waals surface area contributed by atoms with E-state index in [9.17, 15) is 0 Å². The molecule has 0 saturated carbocycles. The second-order valence-corrected chi connectivity index (χ2v) is 7.02. The monoisotopic (exact) mass is 357 g/mol. The highest BCUT2D eigenvalue weighted by Crippen LogP contribution is 2.31. The van der Waals surface area contributed by atoms with Crippen molar-refractivity contribution in [2.45, 2.75) is 26.3 Å². The van der Waals surface area contributed by atoms with E-state index >= 15 is 0 Å². The van der Waals surface area contributed by atoms with Crippen LogP contribution in [0.4, 0.5) is 11.4 Å². The van der Waals surface area contributed by atoms with Crippen molar-refractivity contribution >= 4 is 17.5 Å². The largest absolute Gasteiger partial charge is 0.399 e. The number of allylic oxidation sites excluding steroid dienone is 1. The molecule has 0 bridgehead atoms. The zero-order valence-corrected chi connectivity index (χ0v) is 15.9. The van der Waals surface area contributed by atoms with Crippen LogP contribution >= 0.6 is 0 Å². The molecular formula is C24H27N3. The van der Waals surface area contributed by atoms with Gasteiger partial charge in [0, 0.05) is 23.0 Å². The Bertz CT molecular complexity index is 954. The summed E-state index contributed by atoms with van der Waals surface area (Å²) in [5.41, 5.74) is 26.6. The predicted octanol–water partition coefficient (Wildman–Crippen LogP) is 5.10. The number of hydrogen-bond donors (Lipinski definition) is 3. The molecular weight excluding hydrogens is 330 g/mol. The van der Waals surface area contributed by atoms with Gasteiger partial charge in [0.15, 0.2) is 0 Å². The van der Waals surface area contributed by atoms with Gasteiger partial charge in [-0.05, 0) is 60.2 Å². The molecule has 0 heterocycles. The normalized spacial score (nSPS) is 12.4. The first-order valence-corrected chi connectivity index (χ1v) is 9.21. The minimum Gasteiger partial charge on any atom is -0.399 e. The van der Waals surface area contributed by atoms with Crippen LogP contribution in [-0.2, 0) is 6.42 Å². The molecule has 0 spiro atoms. The summed E-state index contributed by atoms with van der Waals surface area (Å²) < 4.78 is 0. The molecule has 3 rings (SSSR count). The topological polar surface area (TPSA) is 78.1 Å². The maximum absolute atomic E-state index is 6.47. The maximum Gasteiger partial charge on any atom is 0.0467 e. The molecule has 3 aromatic rings. The highest BCUT2D eigenvalue weighted by molar-refractivity contribution is 5.83. The van der Waals surface area contributed by atoms with Crippen LogP contribution in [0.15, 0.2) is 66.7 Å². The Morgan fingerprint density at radius 1 is 0.963 bits per heavy atom. The number of anilines is 2. The van der Waals surface area contributed by atoms with Gasteiger partial charge in [0.25, 0.3) is 0 Å². The Morgan fingerprint density at radius 3 is 2.37 bits per heavy atom. The maximum atomic E-state index is 6.47. The van der Waals surface area contributed by atoms with Crippen LogP contribution in [-0.4, -0.2) is 0 Å². The predicted molar refractivity (Wildman–Crippen MR) is 117 cm³/mol. The fourth-order valence-electron chi connectivity index (χ4n) is 3.31. The van der Waals surface area contributed by atoms with Crippen molar-refractivity contribution in [3.8, 4) is 11.1 Å². The van der Waals surface area contributed by atoms with Gasteiger partial charge in [0.1, 0.15) is 0 Å². The van der Waals surface area contributed by atoms with E-state index in [2.05, 4.69) is 43.3 Å². The number of benzene rings is 3. The molecule has 0 radical (unpaired) electrons. The van der Waals surface area contributed by atoms with Gasteiger partial charge in [-0.15, -0.1) is 0 Å². The molecule has 0 saturated heterocycles. The van der Waals surface area contributed by atoms with E-state index in [-0.39, 0.29) is 6.04 Å². The smallest absolute Gasteiger partial charge is 0.0467 e. The Hall–Kier alpha value is -3.04. The standard InChI is InChI=1S/C24H27N3/c1-16-15-20(11-14-22(16)17(2)25)23-8-4-7-19(24(23)27)6-3-5-18-9-12-21(26)13-10-18/h3-4,6-15,17H,5,25-27H2,1-2H3/b6-3-. The van der Waals surface area contributed by atoms with Crippen molar-refractivity contribution in [3.63, 3.8) is 0 Å². The first-order valence-electron chi connectivity index (χ1n) is 9.21. The molecule has 0 amide bonds. The van der Waals surface area contributed by atoms with Crippen molar-refractivity contribution in [1.82, 2.24) is 0 Å². The quantitative estimate of drug-likeness (QED) is 0.556. The Balaban J connectivity index is 1.84. The molecule has 6 N–H and O–H groups in total. The lowest BCUT2D eigenvalue weighted by molar-refractivity contribution is 0.810. The van der Waals surface area contributed by atoms with Gasteiger partial charge < -0.3 is 17.2 Å². The summed E-state index contributed by atoms with van der Waals surface area (Å²) in [6.07, 6.45) is 5.05. The highest BCUT2D eigenvalue weighted by atomic mass is 14.6. The lowest BCUT2D eigenvalue weighted by Gasteiger charge is -2.14. The van der Waals surface area contributed by atoms with E-state index in [0.717, 1.165) is 40.0 Å². The van der Waals surface area contributed by atoms with Gasteiger partial charge in [-0.1, -0.05) is 60.7 Å². The summed E-state index contributed by atoms with van der Waals surface area (Å²) in [7, 11) is 0. The van der Waals surface area contributed by atoms with E-state index < -0.39 is 0 Å². The summed E-state index contributed by atoms with van der Waals surface area (Å²) in [5, 5.41) is 0. The zero-order valence-electron chi connectivity index (χ0n) is 15.9. The summed E-state index contributed by atoms with van der Waals surface area (Å²) in [6.45, 7) is 4.09. The third-order valence-electron chi connectivity index (χ3n) is 4.84. The highest BCUT2D eigenvalue weighted by Gasteiger charge is 2.09. The summed E-state index contributed by atoms with van der Waals surface area (Å²) >= 11 is 0. The Labute approximate surface area is 161 Å². The van der Waals surface area contributed by atoms with Gasteiger partial charge in [-0.2, -0.15) is 0 Å². The molecule has 0 aliphatic carbocycles. The van der Waals surface area contributed by atoms with Gasteiger partial charge >= 0.3 is 0 Å². The van der Waals surface area contributed by atoms with Gasteiger partial charge in [-0.3, -0.25) is 0 Å². The molecule has 0 aliphatic rings. The molecule has 3 heteroatoms. The third-order valence-corrected chi connectivity index (χ3v) is 4.84. The average molecular weight is 358 g/mol. The number of nitrogens with two attached hydrogens (primary N) is 3. The van der Waals surface area contributed by atoms with Crippen LogP contribution < -0.4 is 17.2 Å². The van der Waals surface area contributed by atoms with E-state index in [1.54, 1.807) is 0 Å². The average Bonchev–Trinajstić information content (AvgIpc) is 2.64. The zero-order chi connectivity index (χ0) is 19.4. The number of nitrogen functional groups attached to an aromatic ring is 2. The molecule has 0 aliphatic heterocycles. The molecule has 138 valence electrons. The second kappa shape index (κ2) is 8.11. The number of hydrogen-bond acceptors (Lipinski definition) is 3. The van der Waals surface area contributed by atoms with E-state index in [0.29, 0.717) is 0 Å². The van der Waals surface area contributed by atoms with E-state index in [1.165, 1.54) is 11.1 Å². The minimum absolute atomic E-state index is 0.0269. The van der Waals surface area contributed by atoms with Gasteiger partial charge in [0.05, 0.1) is 0 Å². The van der Waals surface area contributed by atoms with E-state index in [1.807, 2.05) is 43.3 Å². The van der Waals surface area contributed by atoms with E-state index in [4.69, 9.17) is 17.2 Å². The van der Waals surface area contributed by atoms with Crippen molar-refractivity contribution in [3.05, 3.63) is 89.0 Å². The van der Waals surface area contributed by atoms with Crippen molar-refractivity contribution < 1.29 is 0 Å². The van der Waals surface area contributed by atoms with Crippen molar-refractivity contribution in [2.75, 3.05) is 11.5 Å². The summed E-state index contributed by atoms with van der Waals surface area (Å²) in [6, 6.07) is 20.5. The van der Waals surface area contributed by atoms with Crippen LogP contribution in [0.25, 0.3) is 17.2 Å². The SMILES string of the molecule is Cc1cc(-c2cccc(/C=C\Cc3ccc(N)cc3)c2N)ccc1C(C)N. The summed E-state index contributed by atoms with van der Waals surface area (Å²) in [5.74, 6) is 0. The van der Waals surface area contributed by atoms with Crippen LogP contribution in [0.1, 0.15) is 35.2 Å². The minimum atomic E-state index is 0.0269. The fourth-order valence-corrected chi connectivity index (χ4v) is 3.31. The molecule has 1 atom stereocenters. The third kappa shape index (κ3) is 4.39. The van der Waals surface area contributed by atoms with Crippen LogP contribution in [0.2, 0.25) is 0 Å². The number of para-hydroxylation sites is 1. The van der Waals surface area contributed by atoms with Crippen LogP contribution in [0, 0.1) is 6.92 Å². The summed E-state index contributed by atoms with van der Waals surface area (Å²) in [4.78, 5) is 0. The molecule has 0 fully saturated rings. The Morgan fingerprint density at radius 2 is 1.70 bits per heavy atom. The Kier molecular flexibility index (Phi) is 5.63. The molecule has 1 unspecified atom stereocenters. The molecule has 3 aromatic carbocycles.